The summed E-state index contributed by atoms with van der Waals surface area (Å²) in [6.45, 7) is 3.02. The van der Waals surface area contributed by atoms with Crippen LogP contribution in [-0.2, 0) is 18.4 Å². The number of benzene rings is 1. The highest BCUT2D eigenvalue weighted by molar-refractivity contribution is 9.09. The summed E-state index contributed by atoms with van der Waals surface area (Å²) in [5, 5.41) is 6.21. The minimum Gasteiger partial charge on any atom is -0.273 e. The summed E-state index contributed by atoms with van der Waals surface area (Å²) in [5.74, 6) is 0. The maximum Gasteiger partial charge on any atom is 0.0522 e. The summed E-state index contributed by atoms with van der Waals surface area (Å²) >= 11 is 7.39. The maximum absolute atomic E-state index is 4.37. The predicted octanol–water partition coefficient (Wildman–Crippen LogP) is 4.17. The van der Waals surface area contributed by atoms with E-state index < -0.39 is 0 Å². The summed E-state index contributed by atoms with van der Waals surface area (Å²) in [6, 6.07) is 10.7. The fourth-order valence-electron chi connectivity index (χ4n) is 2.24. The highest BCUT2D eigenvalue weighted by Gasteiger charge is 2.30. The lowest BCUT2D eigenvalue weighted by molar-refractivity contribution is 0.550. The second-order valence-corrected chi connectivity index (χ2v) is 5.92. The average molecular weight is 386 g/mol. The van der Waals surface area contributed by atoms with Gasteiger partial charge in [0, 0.05) is 28.8 Å². The maximum atomic E-state index is 4.37. The monoisotopic (exact) mass is 384 g/mol. The van der Waals surface area contributed by atoms with E-state index in [4.69, 9.17) is 0 Å². The van der Waals surface area contributed by atoms with Crippen molar-refractivity contribution in [2.45, 2.75) is 25.3 Å². The molecule has 0 aliphatic carbocycles. The van der Waals surface area contributed by atoms with Crippen LogP contribution >= 0.6 is 31.9 Å². The molecule has 1 heterocycles. The number of aryl methyl sites for hydroxylation is 1. The molecular weight excluding hydrogens is 368 g/mol. The van der Waals surface area contributed by atoms with Crippen LogP contribution in [0.3, 0.4) is 0 Å². The van der Waals surface area contributed by atoms with Gasteiger partial charge >= 0.3 is 0 Å². The van der Waals surface area contributed by atoms with Gasteiger partial charge in [0.1, 0.15) is 0 Å². The van der Waals surface area contributed by atoms with Crippen LogP contribution in [0, 0.1) is 0 Å². The van der Waals surface area contributed by atoms with Gasteiger partial charge in [0.2, 0.25) is 0 Å². The molecule has 2 rings (SSSR count). The Morgan fingerprint density at radius 1 is 1.16 bits per heavy atom. The van der Waals surface area contributed by atoms with Crippen molar-refractivity contribution < 1.29 is 0 Å². The molecule has 0 bridgehead atoms. The van der Waals surface area contributed by atoms with E-state index in [1.54, 1.807) is 0 Å². The van der Waals surface area contributed by atoms with E-state index in [0.29, 0.717) is 0 Å². The molecule has 19 heavy (non-hydrogen) atoms. The molecular formula is C15H18Br2N2. The molecule has 0 N–H and O–H groups in total. The van der Waals surface area contributed by atoms with E-state index in [1.165, 1.54) is 11.1 Å². The highest BCUT2D eigenvalue weighted by Crippen LogP contribution is 2.32. The largest absolute Gasteiger partial charge is 0.273 e. The Balaban J connectivity index is 2.29. The third kappa shape index (κ3) is 3.29. The second-order valence-electron chi connectivity index (χ2n) is 4.79. The molecule has 0 amide bonds. The fourth-order valence-corrected chi connectivity index (χ4v) is 4.21. The molecule has 1 aromatic carbocycles. The summed E-state index contributed by atoms with van der Waals surface area (Å²) in [5.41, 5.74) is 2.71. The number of hydrogen-bond donors (Lipinski definition) is 0. The smallest absolute Gasteiger partial charge is 0.0522 e. The lowest BCUT2D eigenvalue weighted by Gasteiger charge is -2.30. The van der Waals surface area contributed by atoms with Gasteiger partial charge in [-0.3, -0.25) is 4.68 Å². The number of rotatable bonds is 6. The highest BCUT2D eigenvalue weighted by atomic mass is 79.9. The van der Waals surface area contributed by atoms with Gasteiger partial charge in [0.25, 0.3) is 0 Å². The van der Waals surface area contributed by atoms with Crippen molar-refractivity contribution in [3.63, 3.8) is 0 Å². The topological polar surface area (TPSA) is 17.8 Å². The fraction of sp³-hybridized carbons (Fsp3) is 0.400. The molecule has 1 aromatic heterocycles. The van der Waals surface area contributed by atoms with Crippen LogP contribution in [0.5, 0.6) is 0 Å². The molecule has 0 unspecified atom stereocenters. The van der Waals surface area contributed by atoms with Crippen LogP contribution in [0.4, 0.5) is 0 Å². The Morgan fingerprint density at radius 2 is 1.84 bits per heavy atom. The first-order valence-electron chi connectivity index (χ1n) is 6.43. The van der Waals surface area contributed by atoms with Crippen LogP contribution in [0.2, 0.25) is 0 Å². The van der Waals surface area contributed by atoms with Gasteiger partial charge < -0.3 is 0 Å². The molecule has 0 aliphatic rings. The molecule has 2 nitrogen and oxygen atoms in total. The Bertz CT molecular complexity index is 504. The molecule has 0 spiro atoms. The summed E-state index contributed by atoms with van der Waals surface area (Å²) in [7, 11) is 0. The Labute approximate surface area is 131 Å². The van der Waals surface area contributed by atoms with Crippen molar-refractivity contribution in [1.82, 2.24) is 9.78 Å². The summed E-state index contributed by atoms with van der Waals surface area (Å²) in [4.78, 5) is 0. The van der Waals surface area contributed by atoms with E-state index >= 15 is 0 Å². The second kappa shape index (κ2) is 6.71. The molecule has 2 aromatic rings. The van der Waals surface area contributed by atoms with Gasteiger partial charge in [-0.05, 0) is 24.5 Å². The van der Waals surface area contributed by atoms with Crippen molar-refractivity contribution in [3.8, 4) is 0 Å². The molecule has 0 fully saturated rings. The lowest BCUT2D eigenvalue weighted by atomic mass is 9.80. The number of halogens is 2. The zero-order valence-electron chi connectivity index (χ0n) is 11.0. The average Bonchev–Trinajstić information content (AvgIpc) is 2.93. The van der Waals surface area contributed by atoms with Gasteiger partial charge in [0.05, 0.1) is 6.20 Å². The molecule has 0 atom stereocenters. The van der Waals surface area contributed by atoms with E-state index in [9.17, 15) is 0 Å². The predicted molar refractivity (Wildman–Crippen MR) is 87.3 cm³/mol. The van der Waals surface area contributed by atoms with E-state index in [0.717, 1.165) is 23.6 Å². The third-order valence-electron chi connectivity index (χ3n) is 3.45. The van der Waals surface area contributed by atoms with Crippen molar-refractivity contribution >= 4 is 31.9 Å². The Morgan fingerprint density at radius 3 is 2.37 bits per heavy atom. The normalized spacial score (nSPS) is 11.7. The van der Waals surface area contributed by atoms with Crippen molar-refractivity contribution in [1.29, 1.82) is 0 Å². The third-order valence-corrected chi connectivity index (χ3v) is 5.60. The molecule has 0 saturated heterocycles. The first kappa shape index (κ1) is 14.8. The van der Waals surface area contributed by atoms with Gasteiger partial charge in [-0.1, -0.05) is 62.2 Å². The first-order chi connectivity index (χ1) is 9.24. The standard InChI is InChI=1S/C15H18Br2N2/c1-2-19-10-13(9-18-19)8-15(11-16,12-17)14-6-4-3-5-7-14/h3-7,9-10H,2,8,11-12H2,1H3. The van der Waals surface area contributed by atoms with Crippen LogP contribution in [0.1, 0.15) is 18.1 Å². The number of nitrogens with zero attached hydrogens (tertiary/aromatic N) is 2. The lowest BCUT2D eigenvalue weighted by Crippen LogP contribution is -2.32. The van der Waals surface area contributed by atoms with Gasteiger partial charge in [-0.15, -0.1) is 0 Å². The van der Waals surface area contributed by atoms with E-state index in [2.05, 4.69) is 80.4 Å². The first-order valence-corrected chi connectivity index (χ1v) is 8.67. The number of aromatic nitrogens is 2. The van der Waals surface area contributed by atoms with Crippen LogP contribution in [0.15, 0.2) is 42.7 Å². The number of hydrogen-bond acceptors (Lipinski definition) is 1. The van der Waals surface area contributed by atoms with Crippen molar-refractivity contribution in [3.05, 3.63) is 53.9 Å². The quantitative estimate of drug-likeness (QED) is 0.682. The van der Waals surface area contributed by atoms with Gasteiger partial charge in [0.15, 0.2) is 0 Å². The number of alkyl halides is 2. The van der Waals surface area contributed by atoms with Gasteiger partial charge in [-0.2, -0.15) is 5.10 Å². The molecule has 0 aliphatic heterocycles. The summed E-state index contributed by atoms with van der Waals surface area (Å²) in [6.07, 6.45) is 5.10. The minimum atomic E-state index is 0.0723. The van der Waals surface area contributed by atoms with Crippen molar-refractivity contribution in [2.24, 2.45) is 0 Å². The molecule has 102 valence electrons. The van der Waals surface area contributed by atoms with Crippen LogP contribution in [-0.4, -0.2) is 20.4 Å². The Kier molecular flexibility index (Phi) is 5.22. The Hall–Kier alpha value is -0.610. The van der Waals surface area contributed by atoms with Crippen LogP contribution < -0.4 is 0 Å². The van der Waals surface area contributed by atoms with Crippen molar-refractivity contribution in [2.75, 3.05) is 10.7 Å². The minimum absolute atomic E-state index is 0.0723. The van der Waals surface area contributed by atoms with E-state index in [1.807, 2.05) is 10.9 Å². The summed E-state index contributed by atoms with van der Waals surface area (Å²) < 4.78 is 1.98. The zero-order valence-corrected chi connectivity index (χ0v) is 14.2. The molecule has 0 saturated carbocycles. The molecule has 0 radical (unpaired) electrons. The SMILES string of the molecule is CCn1cc(CC(CBr)(CBr)c2ccccc2)cn1. The molecule has 4 heteroatoms. The zero-order chi connectivity index (χ0) is 13.7. The van der Waals surface area contributed by atoms with Crippen LogP contribution in [0.25, 0.3) is 0 Å². The van der Waals surface area contributed by atoms with E-state index in [-0.39, 0.29) is 5.41 Å². The van der Waals surface area contributed by atoms with Gasteiger partial charge in [-0.25, -0.2) is 0 Å².